The minimum atomic E-state index is -0.527. The molecule has 0 N–H and O–H groups in total. The molecule has 0 spiro atoms. The van der Waals surface area contributed by atoms with E-state index in [0.29, 0.717) is 31.7 Å². The van der Waals surface area contributed by atoms with E-state index in [1.807, 2.05) is 12.1 Å². The Morgan fingerprint density at radius 2 is 1.57 bits per heavy atom. The van der Waals surface area contributed by atoms with Crippen LogP contribution in [0.5, 0.6) is 5.75 Å². The fourth-order valence-corrected chi connectivity index (χ4v) is 4.01. The summed E-state index contributed by atoms with van der Waals surface area (Å²) >= 11 is 0. The van der Waals surface area contributed by atoms with Crippen molar-refractivity contribution in [1.82, 2.24) is 15.1 Å². The van der Waals surface area contributed by atoms with Crippen LogP contribution in [0, 0.1) is 11.7 Å². The highest BCUT2D eigenvalue weighted by molar-refractivity contribution is 5.94. The van der Waals surface area contributed by atoms with Gasteiger partial charge in [-0.3, -0.25) is 4.79 Å². The monoisotopic (exact) mass is 413 g/mol. The van der Waals surface area contributed by atoms with E-state index in [9.17, 15) is 9.18 Å². The molecule has 0 unspecified atom stereocenters. The van der Waals surface area contributed by atoms with E-state index in [4.69, 9.17) is 4.74 Å². The number of methoxy groups -OCH3 is 1. The molecule has 160 valence electrons. The van der Waals surface area contributed by atoms with Gasteiger partial charge in [0.15, 0.2) is 23.2 Å². The van der Waals surface area contributed by atoms with Gasteiger partial charge in [-0.25, -0.2) is 4.39 Å². The van der Waals surface area contributed by atoms with Gasteiger partial charge in [0.1, 0.15) is 0 Å². The molecule has 3 heterocycles. The number of hydrogen-bond acceptors (Lipinski definition) is 6. The average molecular weight is 413 g/mol. The number of piperidine rings is 1. The summed E-state index contributed by atoms with van der Waals surface area (Å²) in [6.45, 7) is 6.80. The Morgan fingerprint density at radius 1 is 0.967 bits per heavy atom. The Bertz CT molecular complexity index is 876. The molecule has 1 aromatic carbocycles. The van der Waals surface area contributed by atoms with E-state index in [0.717, 1.165) is 30.6 Å². The number of halogens is 1. The molecule has 0 radical (unpaired) electrons. The third kappa shape index (κ3) is 4.32. The molecule has 0 bridgehead atoms. The number of rotatable bonds is 4. The van der Waals surface area contributed by atoms with Gasteiger partial charge < -0.3 is 19.4 Å². The van der Waals surface area contributed by atoms with Gasteiger partial charge in [0.2, 0.25) is 0 Å². The van der Waals surface area contributed by atoms with Crippen LogP contribution < -0.4 is 14.5 Å². The van der Waals surface area contributed by atoms with Crippen LogP contribution in [0.4, 0.5) is 16.0 Å². The van der Waals surface area contributed by atoms with Crippen LogP contribution in [-0.2, 0) is 0 Å². The molecule has 8 heteroatoms. The molecule has 0 aliphatic carbocycles. The second-order valence-electron chi connectivity index (χ2n) is 8.05. The molecule has 0 atom stereocenters. The normalized spacial score (nSPS) is 17.9. The molecule has 2 aliphatic heterocycles. The molecule has 7 nitrogen and oxygen atoms in total. The van der Waals surface area contributed by atoms with E-state index in [1.54, 1.807) is 11.0 Å². The summed E-state index contributed by atoms with van der Waals surface area (Å²) in [5.74, 6) is 1.98. The zero-order valence-electron chi connectivity index (χ0n) is 17.6. The molecule has 2 aromatic rings. The lowest BCUT2D eigenvalue weighted by atomic mass is 9.99. The maximum atomic E-state index is 13.9. The van der Waals surface area contributed by atoms with Crippen molar-refractivity contribution in [2.75, 3.05) is 56.2 Å². The molecule has 30 heavy (non-hydrogen) atoms. The molecule has 4 rings (SSSR count). The molecular weight excluding hydrogens is 385 g/mol. The van der Waals surface area contributed by atoms with Crippen molar-refractivity contribution in [2.45, 2.75) is 19.8 Å². The Morgan fingerprint density at radius 3 is 2.10 bits per heavy atom. The summed E-state index contributed by atoms with van der Waals surface area (Å²) in [4.78, 5) is 18.9. The number of hydrogen-bond donors (Lipinski definition) is 0. The molecule has 2 aliphatic rings. The van der Waals surface area contributed by atoms with Gasteiger partial charge in [-0.2, -0.15) is 0 Å². The summed E-state index contributed by atoms with van der Waals surface area (Å²) in [6.07, 6.45) is 2.38. The first kappa shape index (κ1) is 20.4. The molecule has 1 amide bonds. The van der Waals surface area contributed by atoms with Crippen molar-refractivity contribution in [1.29, 1.82) is 0 Å². The third-order valence-electron chi connectivity index (χ3n) is 6.03. The fraction of sp³-hybridized carbons (Fsp3) is 0.500. The molecular formula is C22H28FN5O2. The predicted molar refractivity (Wildman–Crippen MR) is 114 cm³/mol. The maximum absolute atomic E-state index is 13.9. The summed E-state index contributed by atoms with van der Waals surface area (Å²) in [5.41, 5.74) is 0.335. The largest absolute Gasteiger partial charge is 0.494 e. The van der Waals surface area contributed by atoms with E-state index in [1.165, 1.54) is 32.1 Å². The van der Waals surface area contributed by atoms with Gasteiger partial charge in [-0.1, -0.05) is 6.92 Å². The lowest BCUT2D eigenvalue weighted by Crippen LogP contribution is -2.49. The van der Waals surface area contributed by atoms with Gasteiger partial charge in [-0.05, 0) is 49.1 Å². The zero-order chi connectivity index (χ0) is 21.1. The van der Waals surface area contributed by atoms with Crippen molar-refractivity contribution in [3.8, 4) is 5.75 Å². The van der Waals surface area contributed by atoms with Crippen LogP contribution in [0.2, 0.25) is 0 Å². The Hall–Kier alpha value is -2.90. The number of nitrogens with zero attached hydrogens (tertiary/aromatic N) is 5. The standard InChI is InChI=1S/C22H28FN5O2/c1-16-7-9-26(10-8-16)20-5-6-21(25-24-20)27-11-13-28(14-12-27)22(29)17-3-4-19(30-2)18(23)15-17/h3-6,15-16H,7-14H2,1-2H3. The van der Waals surface area contributed by atoms with E-state index < -0.39 is 5.82 Å². The van der Waals surface area contributed by atoms with Crippen LogP contribution >= 0.6 is 0 Å². The SMILES string of the molecule is COc1ccc(C(=O)N2CCN(c3ccc(N4CCC(C)CC4)nn3)CC2)cc1F. The highest BCUT2D eigenvalue weighted by atomic mass is 19.1. The van der Waals surface area contributed by atoms with Gasteiger partial charge in [0, 0.05) is 44.8 Å². The van der Waals surface area contributed by atoms with Crippen LogP contribution in [0.1, 0.15) is 30.1 Å². The molecule has 2 fully saturated rings. The summed E-state index contributed by atoms with van der Waals surface area (Å²) in [7, 11) is 1.40. The van der Waals surface area contributed by atoms with E-state index in [-0.39, 0.29) is 11.7 Å². The van der Waals surface area contributed by atoms with Crippen molar-refractivity contribution in [3.05, 3.63) is 41.7 Å². The smallest absolute Gasteiger partial charge is 0.254 e. The summed E-state index contributed by atoms with van der Waals surface area (Å²) in [5, 5.41) is 8.85. The average Bonchev–Trinajstić information content (AvgIpc) is 2.79. The van der Waals surface area contributed by atoms with Gasteiger partial charge in [0.05, 0.1) is 7.11 Å². The Labute approximate surface area is 176 Å². The van der Waals surface area contributed by atoms with Gasteiger partial charge in [-0.15, -0.1) is 10.2 Å². The number of piperazine rings is 1. The lowest BCUT2D eigenvalue weighted by molar-refractivity contribution is 0.0746. The second kappa shape index (κ2) is 8.85. The number of carbonyl (C=O) groups excluding carboxylic acids is 1. The first-order valence-electron chi connectivity index (χ1n) is 10.5. The quantitative estimate of drug-likeness (QED) is 0.768. The predicted octanol–water partition coefficient (Wildman–Crippen LogP) is 2.82. The van der Waals surface area contributed by atoms with Crippen molar-refractivity contribution in [3.63, 3.8) is 0 Å². The number of carbonyl (C=O) groups is 1. The number of ether oxygens (including phenoxy) is 1. The van der Waals surface area contributed by atoms with Crippen LogP contribution in [0.25, 0.3) is 0 Å². The summed E-state index contributed by atoms with van der Waals surface area (Å²) < 4.78 is 18.8. The van der Waals surface area contributed by atoms with E-state index in [2.05, 4.69) is 26.9 Å². The topological polar surface area (TPSA) is 61.8 Å². The van der Waals surface area contributed by atoms with Gasteiger partial charge in [0.25, 0.3) is 5.91 Å². The number of aromatic nitrogens is 2. The van der Waals surface area contributed by atoms with Crippen molar-refractivity contribution < 1.29 is 13.9 Å². The highest BCUT2D eigenvalue weighted by Crippen LogP contribution is 2.23. The molecule has 1 aromatic heterocycles. The molecule has 0 saturated carbocycles. The minimum absolute atomic E-state index is 0.137. The third-order valence-corrected chi connectivity index (χ3v) is 6.03. The fourth-order valence-electron chi connectivity index (χ4n) is 4.01. The van der Waals surface area contributed by atoms with Crippen LogP contribution in [0.3, 0.4) is 0 Å². The first-order chi connectivity index (χ1) is 14.5. The second-order valence-corrected chi connectivity index (χ2v) is 8.05. The number of benzene rings is 1. The molecule has 2 saturated heterocycles. The minimum Gasteiger partial charge on any atom is -0.494 e. The van der Waals surface area contributed by atoms with Crippen LogP contribution in [-0.4, -0.2) is 67.4 Å². The Kier molecular flexibility index (Phi) is 6.01. The van der Waals surface area contributed by atoms with Gasteiger partial charge >= 0.3 is 0 Å². The first-order valence-corrected chi connectivity index (χ1v) is 10.5. The highest BCUT2D eigenvalue weighted by Gasteiger charge is 2.24. The maximum Gasteiger partial charge on any atom is 0.254 e. The van der Waals surface area contributed by atoms with Crippen LogP contribution in [0.15, 0.2) is 30.3 Å². The van der Waals surface area contributed by atoms with Crippen molar-refractivity contribution in [2.24, 2.45) is 5.92 Å². The summed E-state index contributed by atoms with van der Waals surface area (Å²) in [6, 6.07) is 8.37. The Balaban J connectivity index is 1.34. The number of anilines is 2. The lowest BCUT2D eigenvalue weighted by Gasteiger charge is -2.35. The number of amides is 1. The van der Waals surface area contributed by atoms with Crippen molar-refractivity contribution >= 4 is 17.5 Å². The van der Waals surface area contributed by atoms with E-state index >= 15 is 0 Å². The zero-order valence-corrected chi connectivity index (χ0v) is 17.6.